The van der Waals surface area contributed by atoms with Crippen LogP contribution in [0.25, 0.3) is 0 Å². The molecular formula is C26H42N4O9S. The smallest absolute Gasteiger partial charge is 0.329 e. The normalized spacial score (nSPS) is 12.5. The van der Waals surface area contributed by atoms with E-state index in [-0.39, 0.29) is 19.8 Å². The van der Waals surface area contributed by atoms with Crippen molar-refractivity contribution in [3.8, 4) is 0 Å². The summed E-state index contributed by atoms with van der Waals surface area (Å²) < 4.78 is 10.1. The first-order valence-electron chi connectivity index (χ1n) is 12.8. The summed E-state index contributed by atoms with van der Waals surface area (Å²) in [5.74, 6) is -1.14. The largest absolute Gasteiger partial charge is 0.465 e. The van der Waals surface area contributed by atoms with Crippen molar-refractivity contribution in [2.75, 3.05) is 45.9 Å². The van der Waals surface area contributed by atoms with Crippen LogP contribution in [0.2, 0.25) is 0 Å². The Bertz CT molecular complexity index is 934. The topological polar surface area (TPSA) is 158 Å². The van der Waals surface area contributed by atoms with Gasteiger partial charge in [-0.05, 0) is 52.4 Å². The third kappa shape index (κ3) is 14.1. The van der Waals surface area contributed by atoms with Gasteiger partial charge in [-0.1, -0.05) is 30.3 Å². The van der Waals surface area contributed by atoms with Crippen LogP contribution in [-0.4, -0.2) is 103 Å². The number of hydrogen-bond acceptors (Lipinski definition) is 11. The van der Waals surface area contributed by atoms with Crippen molar-refractivity contribution >= 4 is 35.6 Å². The average molecular weight is 587 g/mol. The minimum absolute atomic E-state index is 0.125. The highest BCUT2D eigenvalue weighted by atomic mass is 32.2. The fourth-order valence-corrected chi connectivity index (χ4v) is 3.52. The van der Waals surface area contributed by atoms with E-state index in [9.17, 15) is 29.3 Å². The second kappa shape index (κ2) is 20.5. The van der Waals surface area contributed by atoms with Gasteiger partial charge in [-0.3, -0.25) is 14.9 Å². The van der Waals surface area contributed by atoms with Crippen LogP contribution in [0.4, 0.5) is 4.79 Å². The Labute approximate surface area is 240 Å². The van der Waals surface area contributed by atoms with Crippen molar-refractivity contribution in [3.63, 3.8) is 0 Å². The van der Waals surface area contributed by atoms with Crippen LogP contribution < -0.4 is 5.32 Å². The molecule has 1 N–H and O–H groups in total. The van der Waals surface area contributed by atoms with E-state index in [1.54, 1.807) is 20.8 Å². The third-order valence-electron chi connectivity index (χ3n) is 5.28. The lowest BCUT2D eigenvalue weighted by Gasteiger charge is -2.31. The van der Waals surface area contributed by atoms with Gasteiger partial charge in [-0.15, -0.1) is 10.1 Å². The van der Waals surface area contributed by atoms with Crippen molar-refractivity contribution in [3.05, 3.63) is 46.0 Å². The predicted octanol–water partition coefficient (Wildman–Crippen LogP) is 2.55. The van der Waals surface area contributed by atoms with Gasteiger partial charge < -0.3 is 19.2 Å². The van der Waals surface area contributed by atoms with E-state index in [0.717, 1.165) is 10.5 Å². The highest BCUT2D eigenvalue weighted by molar-refractivity contribution is 7.98. The number of amides is 3. The summed E-state index contributed by atoms with van der Waals surface area (Å²) in [4.78, 5) is 66.1. The van der Waals surface area contributed by atoms with Gasteiger partial charge in [0.05, 0.1) is 19.3 Å². The maximum Gasteiger partial charge on any atom is 0.329 e. The fraction of sp³-hybridized carbons (Fsp3) is 0.615. The molecule has 40 heavy (non-hydrogen) atoms. The summed E-state index contributed by atoms with van der Waals surface area (Å²) in [6.45, 7) is 6.85. The molecule has 3 atom stereocenters. The highest BCUT2D eigenvalue weighted by Gasteiger charge is 2.37. The molecule has 226 valence electrons. The molecule has 1 aromatic carbocycles. The van der Waals surface area contributed by atoms with Crippen LogP contribution in [-0.2, 0) is 35.1 Å². The number of nitrogens with one attached hydrogen (secondary N) is 1. The van der Waals surface area contributed by atoms with Gasteiger partial charge in [-0.2, -0.15) is 11.8 Å². The van der Waals surface area contributed by atoms with Crippen LogP contribution in [0, 0.1) is 10.1 Å². The molecule has 0 saturated carbocycles. The van der Waals surface area contributed by atoms with Crippen molar-refractivity contribution in [1.29, 1.82) is 0 Å². The lowest BCUT2D eigenvalue weighted by Crippen LogP contribution is -2.58. The summed E-state index contributed by atoms with van der Waals surface area (Å²) in [5, 5.41) is 11.6. The Morgan fingerprint density at radius 1 is 1.02 bits per heavy atom. The molecule has 0 radical (unpaired) electrons. The van der Waals surface area contributed by atoms with E-state index in [1.807, 2.05) is 36.6 Å². The highest BCUT2D eigenvalue weighted by Crippen LogP contribution is 2.12. The maximum atomic E-state index is 13.2. The molecule has 0 fully saturated rings. The molecule has 0 aliphatic rings. The van der Waals surface area contributed by atoms with E-state index in [1.165, 1.54) is 37.7 Å². The Morgan fingerprint density at radius 2 is 1.60 bits per heavy atom. The number of aryl methyl sites for hydroxylation is 1. The average Bonchev–Trinajstić information content (AvgIpc) is 2.91. The van der Waals surface area contributed by atoms with Crippen molar-refractivity contribution in [2.45, 2.75) is 58.7 Å². The molecule has 0 saturated heterocycles. The molecule has 0 bridgehead atoms. The number of benzene rings is 1. The molecule has 0 aromatic heterocycles. The van der Waals surface area contributed by atoms with Crippen molar-refractivity contribution in [1.82, 2.24) is 15.1 Å². The van der Waals surface area contributed by atoms with Gasteiger partial charge in [0, 0.05) is 19.8 Å². The van der Waals surface area contributed by atoms with E-state index in [0.29, 0.717) is 18.6 Å². The first kappa shape index (κ1) is 36.6. The molecular weight excluding hydrogens is 544 g/mol. The number of urea groups is 1. The van der Waals surface area contributed by atoms with Crippen LogP contribution in [0.3, 0.4) is 0 Å². The maximum absolute atomic E-state index is 13.2. The van der Waals surface area contributed by atoms with Gasteiger partial charge in [0.2, 0.25) is 5.91 Å². The van der Waals surface area contributed by atoms with E-state index >= 15 is 0 Å². The number of ether oxygens (including phenoxy) is 2. The van der Waals surface area contributed by atoms with E-state index in [4.69, 9.17) is 9.47 Å². The molecule has 14 heteroatoms. The lowest BCUT2D eigenvalue weighted by atomic mass is 10.0. The molecule has 0 spiro atoms. The third-order valence-corrected chi connectivity index (χ3v) is 5.86. The van der Waals surface area contributed by atoms with Gasteiger partial charge in [0.1, 0.15) is 18.7 Å². The van der Waals surface area contributed by atoms with Crippen LogP contribution in [0.5, 0.6) is 0 Å². The summed E-state index contributed by atoms with van der Waals surface area (Å²) >= 11 is 1.51. The van der Waals surface area contributed by atoms with Gasteiger partial charge in [0.15, 0.2) is 0 Å². The van der Waals surface area contributed by atoms with Gasteiger partial charge in [0.25, 0.3) is 5.09 Å². The van der Waals surface area contributed by atoms with E-state index in [2.05, 4.69) is 10.2 Å². The second-order valence-electron chi connectivity index (χ2n) is 8.58. The predicted molar refractivity (Wildman–Crippen MR) is 151 cm³/mol. The zero-order valence-electron chi connectivity index (χ0n) is 24.3. The van der Waals surface area contributed by atoms with Gasteiger partial charge in [-0.25, -0.2) is 14.5 Å². The number of nitrogens with zero attached hydrogens (tertiary/aromatic N) is 3. The number of carbonyl (C=O) groups excluding carboxylic acids is 4. The molecule has 0 aliphatic carbocycles. The zero-order valence-corrected chi connectivity index (χ0v) is 25.1. The van der Waals surface area contributed by atoms with Crippen LogP contribution >= 0.6 is 11.8 Å². The number of rotatable bonds is 15. The molecule has 13 nitrogen and oxygen atoms in total. The Balaban J connectivity index is 0.00000165. The first-order chi connectivity index (χ1) is 18.9. The Morgan fingerprint density at radius 3 is 2.10 bits per heavy atom. The Hall–Kier alpha value is -3.39. The van der Waals surface area contributed by atoms with Crippen LogP contribution in [0.1, 0.15) is 39.7 Å². The number of hydrogen-bond donors (Lipinski definition) is 1. The summed E-state index contributed by atoms with van der Waals surface area (Å²) in [6.07, 6.45) is 2.86. The molecule has 3 amide bonds. The summed E-state index contributed by atoms with van der Waals surface area (Å²) in [7, 11) is 2.97. The fourth-order valence-electron chi connectivity index (χ4n) is 3.28. The molecule has 1 rings (SSSR count). The molecule has 3 unspecified atom stereocenters. The SMILES string of the molecule is CCOC(=O)C(CCc1ccccc1)NC(C)C(=O)N(C(=O)N(C)C)C(C)C(=O)OCC.CSCCO[N+](=O)[O-]. The minimum atomic E-state index is -1.12. The zero-order chi connectivity index (χ0) is 30.7. The number of thioether (sulfide) groups is 1. The number of esters is 2. The Kier molecular flexibility index (Phi) is 18.8. The monoisotopic (exact) mass is 586 g/mol. The molecule has 0 heterocycles. The standard InChI is InChI=1S/C23H35N3O6.C3H7NO3S/c1-7-31-21(28)17(4)26(23(30)25(5)6)20(27)16(3)24-19(22(29)32-8-2)15-14-18-12-10-9-11-13-18;1-8-3-2-7-4(5)6/h9-13,16-17,19,24H,7-8,14-15H2,1-6H3;2-3H2,1H3. The second-order valence-corrected chi connectivity index (χ2v) is 9.57. The lowest BCUT2D eigenvalue weighted by molar-refractivity contribution is -0.756. The molecule has 0 aliphatic heterocycles. The number of carbonyl (C=O) groups is 4. The first-order valence-corrected chi connectivity index (χ1v) is 14.2. The van der Waals surface area contributed by atoms with Crippen molar-refractivity contribution < 1.29 is 38.6 Å². The van der Waals surface area contributed by atoms with Crippen molar-refractivity contribution in [2.24, 2.45) is 0 Å². The molecule has 1 aromatic rings. The summed E-state index contributed by atoms with van der Waals surface area (Å²) in [5.41, 5.74) is 1.04. The minimum Gasteiger partial charge on any atom is -0.465 e. The number of imide groups is 1. The van der Waals surface area contributed by atoms with Gasteiger partial charge >= 0.3 is 18.0 Å². The summed E-state index contributed by atoms with van der Waals surface area (Å²) in [6, 6.07) is 6.18. The van der Waals surface area contributed by atoms with Crippen LogP contribution in [0.15, 0.2) is 30.3 Å². The quantitative estimate of drug-likeness (QED) is 0.139. The van der Waals surface area contributed by atoms with E-state index < -0.39 is 47.1 Å².